The van der Waals surface area contributed by atoms with E-state index in [0.29, 0.717) is 17.5 Å². The molecule has 1 aromatic rings. The van der Waals surface area contributed by atoms with E-state index in [1.54, 1.807) is 11.8 Å². The van der Waals surface area contributed by atoms with Crippen LogP contribution >= 0.6 is 11.8 Å². The van der Waals surface area contributed by atoms with Crippen LogP contribution < -0.4 is 11.1 Å². The van der Waals surface area contributed by atoms with Crippen molar-refractivity contribution in [3.63, 3.8) is 0 Å². The third-order valence-corrected chi connectivity index (χ3v) is 3.72. The van der Waals surface area contributed by atoms with Crippen LogP contribution in [0, 0.1) is 5.41 Å². The van der Waals surface area contributed by atoms with E-state index in [9.17, 15) is 4.79 Å². The second-order valence-electron chi connectivity index (χ2n) is 4.41. The molecule has 0 unspecified atom stereocenters. The number of nitrogen functional groups attached to an aromatic ring is 1. The minimum atomic E-state index is 0.0774. The van der Waals surface area contributed by atoms with Gasteiger partial charge in [-0.2, -0.15) is 0 Å². The van der Waals surface area contributed by atoms with Crippen molar-refractivity contribution in [3.05, 3.63) is 35.4 Å². The number of amides is 1. The molecular formula is C13H17N3OS. The van der Waals surface area contributed by atoms with Gasteiger partial charge < -0.3 is 11.1 Å². The van der Waals surface area contributed by atoms with E-state index < -0.39 is 0 Å². The molecule has 0 radical (unpaired) electrons. The molecule has 1 aromatic carbocycles. The fourth-order valence-corrected chi connectivity index (χ4v) is 2.50. The van der Waals surface area contributed by atoms with Gasteiger partial charge >= 0.3 is 0 Å². The maximum atomic E-state index is 11.5. The average molecular weight is 263 g/mol. The minimum Gasteiger partial charge on any atom is -0.384 e. The second-order valence-corrected chi connectivity index (χ2v) is 5.39. The lowest BCUT2D eigenvalue weighted by atomic mass is 10.1. The van der Waals surface area contributed by atoms with Gasteiger partial charge in [0, 0.05) is 17.4 Å². The van der Waals surface area contributed by atoms with Gasteiger partial charge in [0.25, 0.3) is 0 Å². The molecule has 4 nitrogen and oxygen atoms in total. The van der Waals surface area contributed by atoms with Crippen LogP contribution in [-0.2, 0) is 10.5 Å². The smallest absolute Gasteiger partial charge is 0.230 e. The summed E-state index contributed by atoms with van der Waals surface area (Å²) in [5.41, 5.74) is 7.28. The summed E-state index contributed by atoms with van der Waals surface area (Å²) in [5.74, 6) is 1.34. The maximum Gasteiger partial charge on any atom is 0.230 e. The van der Waals surface area contributed by atoms with Crippen LogP contribution in [0.4, 0.5) is 0 Å². The van der Waals surface area contributed by atoms with E-state index in [0.717, 1.165) is 24.0 Å². The predicted octanol–water partition coefficient (Wildman–Crippen LogP) is 1.48. The molecule has 1 aliphatic rings. The zero-order valence-electron chi connectivity index (χ0n) is 10.1. The van der Waals surface area contributed by atoms with Crippen LogP contribution in [-0.4, -0.2) is 23.5 Å². The first-order valence-electron chi connectivity index (χ1n) is 5.96. The molecule has 0 spiro atoms. The molecule has 4 N–H and O–H groups in total. The van der Waals surface area contributed by atoms with E-state index >= 15 is 0 Å². The van der Waals surface area contributed by atoms with Gasteiger partial charge in [0.1, 0.15) is 5.84 Å². The first-order chi connectivity index (χ1) is 8.66. The molecule has 0 aliphatic heterocycles. The number of carbonyl (C=O) groups excluding carboxylic acids is 1. The van der Waals surface area contributed by atoms with Gasteiger partial charge in [-0.25, -0.2) is 0 Å². The molecule has 96 valence electrons. The fraction of sp³-hybridized carbons (Fsp3) is 0.385. The standard InChI is InChI=1S/C13H17N3OS/c14-13(15)11-4-2-1-3-9(11)7-18-8-12(17)16-10-5-6-10/h1-4,10H,5-8H2,(H3,14,15)(H,16,17). The Labute approximate surface area is 111 Å². The van der Waals surface area contributed by atoms with Crippen LogP contribution in [0.1, 0.15) is 24.0 Å². The highest BCUT2D eigenvalue weighted by Crippen LogP contribution is 2.20. The van der Waals surface area contributed by atoms with Gasteiger partial charge in [-0.05, 0) is 18.4 Å². The largest absolute Gasteiger partial charge is 0.384 e. The molecule has 5 heteroatoms. The zero-order valence-corrected chi connectivity index (χ0v) is 10.9. The van der Waals surface area contributed by atoms with Gasteiger partial charge in [0.15, 0.2) is 0 Å². The molecule has 1 amide bonds. The van der Waals surface area contributed by atoms with E-state index in [1.165, 1.54) is 0 Å². The Morgan fingerprint density at radius 3 is 2.83 bits per heavy atom. The Hall–Kier alpha value is -1.49. The van der Waals surface area contributed by atoms with Crippen LogP contribution in [0.15, 0.2) is 24.3 Å². The number of rotatable bonds is 6. The van der Waals surface area contributed by atoms with Crippen LogP contribution in [0.25, 0.3) is 0 Å². The first-order valence-corrected chi connectivity index (χ1v) is 7.11. The molecule has 18 heavy (non-hydrogen) atoms. The number of thioether (sulfide) groups is 1. The van der Waals surface area contributed by atoms with Crippen molar-refractivity contribution in [2.45, 2.75) is 24.6 Å². The molecule has 0 saturated heterocycles. The fourth-order valence-electron chi connectivity index (χ4n) is 1.66. The highest BCUT2D eigenvalue weighted by atomic mass is 32.2. The Morgan fingerprint density at radius 1 is 1.44 bits per heavy atom. The Balaban J connectivity index is 1.82. The van der Waals surface area contributed by atoms with Crippen molar-refractivity contribution in [3.8, 4) is 0 Å². The van der Waals surface area contributed by atoms with E-state index in [2.05, 4.69) is 5.32 Å². The molecule has 0 bridgehead atoms. The van der Waals surface area contributed by atoms with Crippen LogP contribution in [0.2, 0.25) is 0 Å². The normalized spacial score (nSPS) is 14.2. The lowest BCUT2D eigenvalue weighted by molar-refractivity contribution is -0.118. The monoisotopic (exact) mass is 263 g/mol. The third-order valence-electron chi connectivity index (χ3n) is 2.74. The Bertz CT molecular complexity index is 457. The lowest BCUT2D eigenvalue weighted by Crippen LogP contribution is -2.27. The Kier molecular flexibility index (Phi) is 4.25. The van der Waals surface area contributed by atoms with Gasteiger partial charge in [0.05, 0.1) is 5.75 Å². The summed E-state index contributed by atoms with van der Waals surface area (Å²) in [6.07, 6.45) is 2.23. The summed E-state index contributed by atoms with van der Waals surface area (Å²) in [6.45, 7) is 0. The van der Waals surface area contributed by atoms with E-state index in [4.69, 9.17) is 11.1 Å². The average Bonchev–Trinajstić information content (AvgIpc) is 3.13. The third kappa shape index (κ3) is 3.77. The number of nitrogens with one attached hydrogen (secondary N) is 2. The number of hydrogen-bond donors (Lipinski definition) is 3. The molecule has 0 aromatic heterocycles. The molecule has 1 fully saturated rings. The predicted molar refractivity (Wildman–Crippen MR) is 74.8 cm³/mol. The molecule has 1 aliphatic carbocycles. The number of benzene rings is 1. The summed E-state index contributed by atoms with van der Waals surface area (Å²) in [4.78, 5) is 11.5. The highest BCUT2D eigenvalue weighted by Gasteiger charge is 2.22. The summed E-state index contributed by atoms with van der Waals surface area (Å²) in [7, 11) is 0. The second kappa shape index (κ2) is 5.91. The van der Waals surface area contributed by atoms with Crippen molar-refractivity contribution in [1.29, 1.82) is 5.41 Å². The summed E-state index contributed by atoms with van der Waals surface area (Å²) in [5, 5.41) is 10.4. The van der Waals surface area contributed by atoms with Crippen molar-refractivity contribution in [1.82, 2.24) is 5.32 Å². The molecule has 1 saturated carbocycles. The molecule has 0 heterocycles. The van der Waals surface area contributed by atoms with Crippen molar-refractivity contribution < 1.29 is 4.79 Å². The van der Waals surface area contributed by atoms with Crippen molar-refractivity contribution in [2.75, 3.05) is 5.75 Å². The van der Waals surface area contributed by atoms with E-state index in [1.807, 2.05) is 24.3 Å². The summed E-state index contributed by atoms with van der Waals surface area (Å²) >= 11 is 1.55. The summed E-state index contributed by atoms with van der Waals surface area (Å²) in [6, 6.07) is 7.99. The van der Waals surface area contributed by atoms with Crippen molar-refractivity contribution in [2.24, 2.45) is 5.73 Å². The first kappa shape index (κ1) is 13.0. The minimum absolute atomic E-state index is 0.0774. The van der Waals surface area contributed by atoms with Gasteiger partial charge in [-0.15, -0.1) is 11.8 Å². The molecule has 0 atom stereocenters. The number of nitrogens with two attached hydrogens (primary N) is 1. The zero-order chi connectivity index (χ0) is 13.0. The van der Waals surface area contributed by atoms with Crippen molar-refractivity contribution >= 4 is 23.5 Å². The molecular weight excluding hydrogens is 246 g/mol. The quantitative estimate of drug-likeness (QED) is 0.537. The number of amidine groups is 1. The topological polar surface area (TPSA) is 79.0 Å². The summed E-state index contributed by atoms with van der Waals surface area (Å²) < 4.78 is 0. The van der Waals surface area contributed by atoms with Crippen LogP contribution in [0.5, 0.6) is 0 Å². The van der Waals surface area contributed by atoms with Gasteiger partial charge in [-0.3, -0.25) is 10.2 Å². The van der Waals surface area contributed by atoms with Gasteiger partial charge in [-0.1, -0.05) is 24.3 Å². The highest BCUT2D eigenvalue weighted by molar-refractivity contribution is 7.99. The molecule has 2 rings (SSSR count). The lowest BCUT2D eigenvalue weighted by Gasteiger charge is -2.07. The number of hydrogen-bond acceptors (Lipinski definition) is 3. The van der Waals surface area contributed by atoms with Gasteiger partial charge in [0.2, 0.25) is 5.91 Å². The SMILES string of the molecule is N=C(N)c1ccccc1CSCC(=O)NC1CC1. The maximum absolute atomic E-state index is 11.5. The Morgan fingerprint density at radius 2 is 2.17 bits per heavy atom. The van der Waals surface area contributed by atoms with E-state index in [-0.39, 0.29) is 11.7 Å². The van der Waals surface area contributed by atoms with Crippen LogP contribution in [0.3, 0.4) is 0 Å². The number of carbonyl (C=O) groups is 1.